The number of carboxylic acid groups (broad SMARTS) is 1. The van der Waals surface area contributed by atoms with Gasteiger partial charge >= 0.3 is 5.97 Å². The second-order valence-electron chi connectivity index (χ2n) is 3.12. The molecule has 0 aliphatic rings. The average Bonchev–Trinajstić information content (AvgIpc) is 2.25. The molecule has 0 spiro atoms. The van der Waals surface area contributed by atoms with E-state index in [1.165, 1.54) is 0 Å². The van der Waals surface area contributed by atoms with Crippen LogP contribution in [-0.4, -0.2) is 48.4 Å². The van der Waals surface area contributed by atoms with Crippen LogP contribution in [0.2, 0.25) is 0 Å². The topological polar surface area (TPSA) is 144 Å². The van der Waals surface area contributed by atoms with Crippen molar-refractivity contribution in [2.45, 2.75) is 11.7 Å². The van der Waals surface area contributed by atoms with E-state index in [0.717, 1.165) is 0 Å². The van der Waals surface area contributed by atoms with E-state index in [1.54, 1.807) is 12.2 Å². The van der Waals surface area contributed by atoms with Crippen LogP contribution in [0.25, 0.3) is 0 Å². The molecule has 19 heavy (non-hydrogen) atoms. The van der Waals surface area contributed by atoms with Gasteiger partial charge in [-0.05, 0) is 0 Å². The van der Waals surface area contributed by atoms with Gasteiger partial charge in [0.05, 0.1) is 19.6 Å². The molecule has 0 aromatic carbocycles. The molecule has 0 saturated carbocycles. The van der Waals surface area contributed by atoms with Gasteiger partial charge in [-0.2, -0.15) is 8.42 Å². The molecule has 0 aromatic heterocycles. The number of aliphatic carboxylic acids is 1. The Morgan fingerprint density at radius 3 is 1.84 bits per heavy atom. The van der Waals surface area contributed by atoms with Gasteiger partial charge in [0, 0.05) is 0 Å². The van der Waals surface area contributed by atoms with Crippen molar-refractivity contribution in [2.75, 3.05) is 13.2 Å². The molecule has 1 unspecified atom stereocenters. The highest BCUT2D eigenvalue weighted by Gasteiger charge is 2.31. The van der Waals surface area contributed by atoms with Crippen LogP contribution < -0.4 is 5.73 Å². The Kier molecular flexibility index (Phi) is 10.6. The van der Waals surface area contributed by atoms with Gasteiger partial charge in [-0.1, -0.05) is 12.2 Å². The second kappa shape index (κ2) is 10.2. The fraction of sp³-hybridized carbons (Fsp3) is 0.400. The summed E-state index contributed by atoms with van der Waals surface area (Å²) in [6, 6.07) is 0. The van der Waals surface area contributed by atoms with Crippen LogP contribution in [0.3, 0.4) is 0 Å². The summed E-state index contributed by atoms with van der Waals surface area (Å²) in [4.78, 5) is 20.3. The number of primary amides is 1. The Hall–Kier alpha value is -1.71. The van der Waals surface area contributed by atoms with Crippen molar-refractivity contribution in [1.29, 1.82) is 0 Å². The van der Waals surface area contributed by atoms with Crippen molar-refractivity contribution < 1.29 is 32.4 Å². The van der Waals surface area contributed by atoms with E-state index in [4.69, 9.17) is 14.4 Å². The molecule has 1 amide bonds. The zero-order valence-electron chi connectivity index (χ0n) is 10.2. The summed E-state index contributed by atoms with van der Waals surface area (Å²) >= 11 is 0. The molecule has 0 radical (unpaired) electrons. The highest BCUT2D eigenvalue weighted by Crippen LogP contribution is 2.03. The van der Waals surface area contributed by atoms with E-state index in [2.05, 4.69) is 18.9 Å². The highest BCUT2D eigenvalue weighted by atomic mass is 32.2. The molecule has 0 bridgehead atoms. The predicted molar refractivity (Wildman–Crippen MR) is 68.0 cm³/mol. The van der Waals surface area contributed by atoms with Crippen LogP contribution in [0.5, 0.6) is 0 Å². The lowest BCUT2D eigenvalue weighted by molar-refractivity contribution is -0.138. The Balaban J connectivity index is 0. The van der Waals surface area contributed by atoms with Gasteiger partial charge in [0.2, 0.25) is 5.91 Å². The van der Waals surface area contributed by atoms with Crippen LogP contribution in [-0.2, 0) is 24.4 Å². The molecule has 110 valence electrons. The molecule has 0 saturated heterocycles. The summed E-state index contributed by atoms with van der Waals surface area (Å²) < 4.78 is 33.8. The Bertz CT molecular complexity index is 408. The third-order valence-electron chi connectivity index (χ3n) is 1.51. The van der Waals surface area contributed by atoms with E-state index in [1.807, 2.05) is 0 Å². The predicted octanol–water partition coefficient (Wildman–Crippen LogP) is -0.422. The Morgan fingerprint density at radius 2 is 1.68 bits per heavy atom. The van der Waals surface area contributed by atoms with E-state index in [-0.39, 0.29) is 0 Å². The van der Waals surface area contributed by atoms with Gasteiger partial charge in [-0.25, -0.2) is 0 Å². The number of hydrogen-bond donors (Lipinski definition) is 3. The fourth-order valence-corrected chi connectivity index (χ4v) is 1.39. The Morgan fingerprint density at radius 1 is 1.26 bits per heavy atom. The molecule has 0 aromatic rings. The number of carboxylic acids is 1. The number of ether oxygens (including phenoxy) is 1. The molecule has 9 heteroatoms. The van der Waals surface area contributed by atoms with Crippen LogP contribution in [0.15, 0.2) is 25.3 Å². The molecular formula is C10H17NO7S. The minimum atomic E-state index is -4.71. The lowest BCUT2D eigenvalue weighted by Crippen LogP contribution is -2.37. The first-order chi connectivity index (χ1) is 8.66. The van der Waals surface area contributed by atoms with Gasteiger partial charge in [0.15, 0.2) is 5.25 Å². The monoisotopic (exact) mass is 295 g/mol. The summed E-state index contributed by atoms with van der Waals surface area (Å²) in [6.07, 6.45) is 2.39. The zero-order valence-corrected chi connectivity index (χ0v) is 11.0. The molecule has 0 heterocycles. The quantitative estimate of drug-likeness (QED) is 0.313. The minimum absolute atomic E-state index is 0.617. The molecule has 4 N–H and O–H groups in total. The van der Waals surface area contributed by atoms with Crippen molar-refractivity contribution in [3.63, 3.8) is 0 Å². The van der Waals surface area contributed by atoms with E-state index < -0.39 is 33.7 Å². The third-order valence-corrected chi connectivity index (χ3v) is 2.63. The normalized spacial score (nSPS) is 11.6. The SMILES string of the molecule is C=CCOCC=C.NC(=O)C(CC(=O)O)S(=O)(=O)O. The molecule has 1 atom stereocenters. The van der Waals surface area contributed by atoms with Gasteiger partial charge in [-0.15, -0.1) is 13.2 Å². The van der Waals surface area contributed by atoms with Crippen LogP contribution in [0.4, 0.5) is 0 Å². The van der Waals surface area contributed by atoms with E-state index >= 15 is 0 Å². The summed E-state index contributed by atoms with van der Waals surface area (Å²) in [5, 5.41) is 6.04. The number of rotatable bonds is 8. The molecule has 0 fully saturated rings. The summed E-state index contributed by atoms with van der Waals surface area (Å²) in [5.41, 5.74) is 4.53. The number of amides is 1. The summed E-state index contributed by atoms with van der Waals surface area (Å²) in [6.45, 7) is 8.18. The molecule has 8 nitrogen and oxygen atoms in total. The summed E-state index contributed by atoms with van der Waals surface area (Å²) in [7, 11) is -4.71. The average molecular weight is 295 g/mol. The maximum atomic E-state index is 10.3. The lowest BCUT2D eigenvalue weighted by Gasteiger charge is -2.05. The standard InChI is InChI=1S/C6H10O.C4H7NO6S/c1-3-5-7-6-4-2;5-4(8)2(1-3(6)7)12(9,10)11/h3-4H,1-2,5-6H2;2H,1H2,(H2,5,8)(H,6,7)(H,9,10,11). The minimum Gasteiger partial charge on any atom is -0.481 e. The molecule has 0 rings (SSSR count). The van der Waals surface area contributed by atoms with E-state index in [0.29, 0.717) is 13.2 Å². The number of hydrogen-bond acceptors (Lipinski definition) is 5. The number of carbonyl (C=O) groups excluding carboxylic acids is 1. The molecule has 0 aliphatic carbocycles. The number of nitrogens with two attached hydrogens (primary N) is 1. The molecule has 0 aliphatic heterocycles. The fourth-order valence-electron chi connectivity index (χ4n) is 0.746. The second-order valence-corrected chi connectivity index (χ2v) is 4.72. The summed E-state index contributed by atoms with van der Waals surface area (Å²) in [5.74, 6) is -2.92. The van der Waals surface area contributed by atoms with E-state index in [9.17, 15) is 18.0 Å². The number of carbonyl (C=O) groups is 2. The van der Waals surface area contributed by atoms with Gasteiger partial charge in [0.25, 0.3) is 10.1 Å². The van der Waals surface area contributed by atoms with Crippen LogP contribution >= 0.6 is 0 Å². The van der Waals surface area contributed by atoms with Gasteiger partial charge in [-0.3, -0.25) is 14.1 Å². The Labute approximate surface area is 111 Å². The third kappa shape index (κ3) is 12.5. The first-order valence-electron chi connectivity index (χ1n) is 4.93. The largest absolute Gasteiger partial charge is 0.481 e. The van der Waals surface area contributed by atoms with Gasteiger partial charge < -0.3 is 15.6 Å². The maximum absolute atomic E-state index is 10.3. The zero-order chi connectivity index (χ0) is 15.5. The van der Waals surface area contributed by atoms with Crippen molar-refractivity contribution >= 4 is 22.0 Å². The first-order valence-corrected chi connectivity index (χ1v) is 6.44. The highest BCUT2D eigenvalue weighted by molar-refractivity contribution is 7.87. The van der Waals surface area contributed by atoms with Crippen LogP contribution in [0, 0.1) is 0 Å². The van der Waals surface area contributed by atoms with Crippen molar-refractivity contribution in [3.05, 3.63) is 25.3 Å². The van der Waals surface area contributed by atoms with Crippen molar-refractivity contribution in [3.8, 4) is 0 Å². The molecular weight excluding hydrogens is 278 g/mol. The smallest absolute Gasteiger partial charge is 0.305 e. The lowest BCUT2D eigenvalue weighted by atomic mass is 10.3. The van der Waals surface area contributed by atoms with Crippen molar-refractivity contribution in [2.24, 2.45) is 5.73 Å². The van der Waals surface area contributed by atoms with Crippen molar-refractivity contribution in [1.82, 2.24) is 0 Å². The van der Waals surface area contributed by atoms with Gasteiger partial charge in [0.1, 0.15) is 0 Å². The van der Waals surface area contributed by atoms with Crippen LogP contribution in [0.1, 0.15) is 6.42 Å². The maximum Gasteiger partial charge on any atom is 0.305 e. The first kappa shape index (κ1) is 19.6.